The third kappa shape index (κ3) is 4.48. The van der Waals surface area contributed by atoms with Gasteiger partial charge in [-0.15, -0.1) is 0 Å². The molecule has 2 aliphatic rings. The van der Waals surface area contributed by atoms with Gasteiger partial charge in [-0.25, -0.2) is 23.3 Å². The first-order chi connectivity index (χ1) is 16.6. The molecule has 1 aliphatic heterocycles. The molecule has 11 heteroatoms. The summed E-state index contributed by atoms with van der Waals surface area (Å²) in [6.07, 6.45) is 5.56. The summed E-state index contributed by atoms with van der Waals surface area (Å²) >= 11 is 7.64. The Morgan fingerprint density at radius 3 is 2.71 bits per heavy atom. The van der Waals surface area contributed by atoms with Crippen molar-refractivity contribution in [2.75, 3.05) is 30.0 Å². The lowest BCUT2D eigenvalue weighted by Crippen LogP contribution is -2.44. The number of rotatable bonds is 4. The van der Waals surface area contributed by atoms with Crippen LogP contribution in [0, 0.1) is 16.0 Å². The van der Waals surface area contributed by atoms with Crippen LogP contribution in [0.15, 0.2) is 57.4 Å². The van der Waals surface area contributed by atoms with Crippen LogP contribution in [0.25, 0.3) is 0 Å². The van der Waals surface area contributed by atoms with Crippen LogP contribution in [0.4, 0.5) is 16.0 Å². The van der Waals surface area contributed by atoms with Crippen LogP contribution in [-0.4, -0.2) is 33.5 Å². The summed E-state index contributed by atoms with van der Waals surface area (Å²) in [5.74, 6) is 0.752. The highest BCUT2D eigenvalue weighted by Gasteiger charge is 2.46. The van der Waals surface area contributed by atoms with Crippen LogP contribution < -0.4 is 16.4 Å². The van der Waals surface area contributed by atoms with Gasteiger partial charge in [-0.05, 0) is 60.1 Å². The molecule has 0 amide bonds. The Labute approximate surface area is 213 Å². The molecule has 1 fully saturated rings. The molecule has 2 atom stereocenters. The lowest BCUT2D eigenvalue weighted by Gasteiger charge is -2.42. The van der Waals surface area contributed by atoms with Crippen molar-refractivity contribution in [2.45, 2.75) is 40.1 Å². The molecular formula is C24H26ClFN6OS2. The Hall–Kier alpha value is -2.40. The molecule has 0 saturated carbocycles. The molecule has 2 heterocycles. The third-order valence-corrected chi connectivity index (χ3v) is 9.91. The highest BCUT2D eigenvalue weighted by atomic mass is 35.5. The van der Waals surface area contributed by atoms with Crippen LogP contribution >= 0.6 is 23.4 Å². The molecule has 1 aromatic heterocycles. The maximum atomic E-state index is 13.7. The number of hydrogen-bond donors (Lipinski definition) is 3. The molecule has 5 N–H and O–H groups in total. The van der Waals surface area contributed by atoms with E-state index < -0.39 is 9.73 Å². The topological polar surface area (TPSA) is 122 Å². The number of hydrogen-bond acceptors (Lipinski definition) is 8. The first-order valence-electron chi connectivity index (χ1n) is 11.2. The van der Waals surface area contributed by atoms with E-state index in [1.54, 1.807) is 30.5 Å². The van der Waals surface area contributed by atoms with Crippen molar-refractivity contribution in [1.82, 2.24) is 9.97 Å². The fraction of sp³-hybridized carbons (Fsp3) is 0.333. The standard InChI is InChI=1S/C24H26ClFN6OS2/c1-35(29,33)18-4-2-3-17(20(18)25)34-23-22(28)31-19(13-30-23)32-9-7-24(8-10-32)12-14-11-15(26)5-6-16(14)21(24)27/h2-6,11,13,21,29H,7-10,12,27H2,1H3,(H2,28,31)/t21-,35?/m1/s1. The Kier molecular flexibility index (Phi) is 6.19. The van der Waals surface area contributed by atoms with Gasteiger partial charge in [0, 0.05) is 30.3 Å². The van der Waals surface area contributed by atoms with E-state index in [1.165, 1.54) is 24.1 Å². The normalized spacial score (nSPS) is 20.6. The molecule has 0 radical (unpaired) electrons. The van der Waals surface area contributed by atoms with Gasteiger partial charge in [-0.3, -0.25) is 0 Å². The second kappa shape index (κ2) is 8.92. The lowest BCUT2D eigenvalue weighted by atomic mass is 9.73. The zero-order chi connectivity index (χ0) is 25.0. The fourth-order valence-corrected chi connectivity index (χ4v) is 7.46. The van der Waals surface area contributed by atoms with Gasteiger partial charge in [-0.2, -0.15) is 0 Å². The number of nitrogen functional groups attached to an aromatic ring is 1. The quantitative estimate of drug-likeness (QED) is 0.437. The van der Waals surface area contributed by atoms with E-state index in [9.17, 15) is 8.60 Å². The number of piperidine rings is 1. The van der Waals surface area contributed by atoms with Gasteiger partial charge in [0.15, 0.2) is 5.82 Å². The summed E-state index contributed by atoms with van der Waals surface area (Å²) in [4.78, 5) is 12.2. The SMILES string of the molecule is CS(=N)(=O)c1cccc(Sc2ncc(N3CCC4(CC3)Cc3cc(F)ccc3[C@H]4N)nc2N)c1Cl. The average Bonchev–Trinajstić information content (AvgIpc) is 3.06. The number of nitrogens with zero attached hydrogens (tertiary/aromatic N) is 3. The zero-order valence-electron chi connectivity index (χ0n) is 19.1. The summed E-state index contributed by atoms with van der Waals surface area (Å²) in [5.41, 5.74) is 14.9. The molecule has 1 saturated heterocycles. The lowest BCUT2D eigenvalue weighted by molar-refractivity contribution is 0.187. The molecule has 5 rings (SSSR count). The molecule has 0 bridgehead atoms. The van der Waals surface area contributed by atoms with Crippen LogP contribution in [-0.2, 0) is 16.1 Å². The fourth-order valence-electron chi connectivity index (χ4n) is 5.11. The first kappa shape index (κ1) is 24.3. The van der Waals surface area contributed by atoms with E-state index >= 15 is 0 Å². The van der Waals surface area contributed by atoms with Gasteiger partial charge < -0.3 is 16.4 Å². The monoisotopic (exact) mass is 532 g/mol. The predicted octanol–water partition coefficient (Wildman–Crippen LogP) is 4.88. The van der Waals surface area contributed by atoms with Gasteiger partial charge in [-0.1, -0.05) is 35.5 Å². The number of nitrogens with one attached hydrogen (secondary N) is 1. The van der Waals surface area contributed by atoms with E-state index in [4.69, 9.17) is 27.8 Å². The zero-order valence-corrected chi connectivity index (χ0v) is 21.5. The number of halogens is 2. The van der Waals surface area contributed by atoms with Crippen molar-refractivity contribution >= 4 is 44.7 Å². The Morgan fingerprint density at radius 2 is 2.03 bits per heavy atom. The molecule has 2 aromatic carbocycles. The van der Waals surface area contributed by atoms with Crippen LogP contribution in [0.2, 0.25) is 5.02 Å². The van der Waals surface area contributed by atoms with Crippen LogP contribution in [0.5, 0.6) is 0 Å². The summed E-state index contributed by atoms with van der Waals surface area (Å²) in [7, 11) is -2.96. The van der Waals surface area contributed by atoms with Crippen LogP contribution in [0.3, 0.4) is 0 Å². The largest absolute Gasteiger partial charge is 0.381 e. The third-order valence-electron chi connectivity index (χ3n) is 7.03. The van der Waals surface area contributed by atoms with Gasteiger partial charge in [0.25, 0.3) is 0 Å². The van der Waals surface area contributed by atoms with Crippen molar-refractivity contribution in [1.29, 1.82) is 4.78 Å². The van der Waals surface area contributed by atoms with Crippen molar-refractivity contribution < 1.29 is 8.60 Å². The van der Waals surface area contributed by atoms with Crippen molar-refractivity contribution in [2.24, 2.45) is 11.1 Å². The van der Waals surface area contributed by atoms with Gasteiger partial charge >= 0.3 is 0 Å². The highest BCUT2D eigenvalue weighted by molar-refractivity contribution is 7.99. The average molecular weight is 533 g/mol. The van der Waals surface area contributed by atoms with Gasteiger partial charge in [0.2, 0.25) is 0 Å². The minimum atomic E-state index is -2.96. The minimum Gasteiger partial charge on any atom is -0.381 e. The highest BCUT2D eigenvalue weighted by Crippen LogP contribution is 2.51. The maximum Gasteiger partial charge on any atom is 0.158 e. The Balaban J connectivity index is 1.30. The summed E-state index contributed by atoms with van der Waals surface area (Å²) < 4.78 is 33.8. The van der Waals surface area contributed by atoms with Gasteiger partial charge in [0.05, 0.1) is 25.8 Å². The van der Waals surface area contributed by atoms with E-state index in [0.29, 0.717) is 15.7 Å². The number of fused-ring (bicyclic) bond motifs is 1. The summed E-state index contributed by atoms with van der Waals surface area (Å²) in [6.45, 7) is 1.51. The molecule has 3 aromatic rings. The van der Waals surface area contributed by atoms with E-state index in [-0.39, 0.29) is 33.0 Å². The van der Waals surface area contributed by atoms with Crippen molar-refractivity contribution in [3.8, 4) is 0 Å². The number of anilines is 2. The van der Waals surface area contributed by atoms with Crippen molar-refractivity contribution in [3.05, 3.63) is 64.6 Å². The Bertz CT molecular complexity index is 1410. The van der Waals surface area contributed by atoms with E-state index in [1.807, 2.05) is 6.07 Å². The van der Waals surface area contributed by atoms with E-state index in [2.05, 4.69) is 14.9 Å². The molecule has 1 spiro atoms. The Morgan fingerprint density at radius 1 is 1.29 bits per heavy atom. The number of benzene rings is 2. The van der Waals surface area contributed by atoms with Crippen LogP contribution in [0.1, 0.15) is 30.0 Å². The smallest absolute Gasteiger partial charge is 0.158 e. The number of aromatic nitrogens is 2. The van der Waals surface area contributed by atoms with Crippen molar-refractivity contribution in [3.63, 3.8) is 0 Å². The maximum absolute atomic E-state index is 13.7. The predicted molar refractivity (Wildman–Crippen MR) is 138 cm³/mol. The molecule has 1 aliphatic carbocycles. The summed E-state index contributed by atoms with van der Waals surface area (Å²) in [5, 5.41) is 0.754. The second-order valence-corrected chi connectivity index (χ2v) is 12.8. The van der Waals surface area contributed by atoms with E-state index in [0.717, 1.165) is 43.5 Å². The molecule has 1 unspecified atom stereocenters. The second-order valence-electron chi connectivity index (χ2n) is 9.28. The first-order valence-corrected chi connectivity index (χ1v) is 14.3. The minimum absolute atomic E-state index is 0.0704. The molecule has 35 heavy (non-hydrogen) atoms. The molecule has 184 valence electrons. The molecular weight excluding hydrogens is 507 g/mol. The summed E-state index contributed by atoms with van der Waals surface area (Å²) in [6, 6.07) is 9.90. The van der Waals surface area contributed by atoms with Gasteiger partial charge in [0.1, 0.15) is 16.7 Å². The number of nitrogens with two attached hydrogens (primary N) is 2. The molecule has 7 nitrogen and oxygen atoms in total.